The summed E-state index contributed by atoms with van der Waals surface area (Å²) >= 11 is 7.82. The highest BCUT2D eigenvalue weighted by Gasteiger charge is 2.28. The third-order valence-electron chi connectivity index (χ3n) is 4.34. The average Bonchev–Trinajstić information content (AvgIpc) is 2.94. The van der Waals surface area contributed by atoms with Gasteiger partial charge in [-0.15, -0.1) is 0 Å². The van der Waals surface area contributed by atoms with Crippen LogP contribution in [0.2, 0.25) is 5.02 Å². The number of carbonyl (C=O) groups is 1. The van der Waals surface area contributed by atoms with Gasteiger partial charge in [0.15, 0.2) is 11.6 Å². The van der Waals surface area contributed by atoms with Gasteiger partial charge in [-0.25, -0.2) is 8.78 Å². The van der Waals surface area contributed by atoms with E-state index in [0.29, 0.717) is 17.3 Å². The largest absolute Gasteiger partial charge is 0.395 e. The fraction of sp³-hybridized carbons (Fsp3) is 0.389. The molecule has 1 aromatic carbocycles. The van der Waals surface area contributed by atoms with Gasteiger partial charge in [-0.3, -0.25) is 9.52 Å². The minimum Gasteiger partial charge on any atom is -0.395 e. The molecule has 1 aliphatic heterocycles. The van der Waals surface area contributed by atoms with Crippen LogP contribution in [0.25, 0.3) is 0 Å². The Hall–Kier alpha value is -1.61. The number of nitrogens with zero attached hydrogens (tertiary/aromatic N) is 1. The zero-order valence-electron chi connectivity index (χ0n) is 14.7. The molecular formula is C18H20ClF2N3O2S. The molecule has 0 spiro atoms. The maximum absolute atomic E-state index is 13.4. The lowest BCUT2D eigenvalue weighted by Gasteiger charge is -2.19. The highest BCUT2D eigenvalue weighted by atomic mass is 35.5. The number of benzene rings is 1. The van der Waals surface area contributed by atoms with Crippen molar-refractivity contribution in [2.24, 2.45) is 0 Å². The number of carbonyl (C=O) groups excluding carboxylic acids is 1. The Morgan fingerprint density at radius 1 is 1.37 bits per heavy atom. The number of fused-ring (bicyclic) bond motifs is 1. The molecule has 5 nitrogen and oxygen atoms in total. The highest BCUT2D eigenvalue weighted by molar-refractivity contribution is 7.97. The van der Waals surface area contributed by atoms with Gasteiger partial charge in [0.05, 0.1) is 16.5 Å². The quantitative estimate of drug-likeness (QED) is 0.624. The molecule has 9 heteroatoms. The van der Waals surface area contributed by atoms with E-state index in [-0.39, 0.29) is 18.3 Å². The van der Waals surface area contributed by atoms with E-state index in [1.165, 1.54) is 18.0 Å². The number of anilines is 1. The molecule has 1 aromatic heterocycles. The molecule has 0 fully saturated rings. The first-order valence-corrected chi connectivity index (χ1v) is 9.82. The van der Waals surface area contributed by atoms with Gasteiger partial charge in [0.25, 0.3) is 5.91 Å². The van der Waals surface area contributed by atoms with Gasteiger partial charge in [0.1, 0.15) is 5.69 Å². The third kappa shape index (κ3) is 4.29. The van der Waals surface area contributed by atoms with E-state index in [0.717, 1.165) is 42.0 Å². The molecule has 1 aliphatic rings. The number of nitrogens with one attached hydrogen (secondary N) is 2. The predicted octanol–water partition coefficient (Wildman–Crippen LogP) is 3.99. The summed E-state index contributed by atoms with van der Waals surface area (Å²) in [5.41, 5.74) is 1.42. The molecule has 1 unspecified atom stereocenters. The smallest absolute Gasteiger partial charge is 0.273 e. The molecule has 1 amide bonds. The van der Waals surface area contributed by atoms with Gasteiger partial charge in [-0.2, -0.15) is 0 Å². The first-order valence-electron chi connectivity index (χ1n) is 8.62. The van der Waals surface area contributed by atoms with Gasteiger partial charge in [0, 0.05) is 30.0 Å². The van der Waals surface area contributed by atoms with Crippen LogP contribution >= 0.6 is 23.5 Å². The predicted molar refractivity (Wildman–Crippen MR) is 102 cm³/mol. The van der Waals surface area contributed by atoms with Gasteiger partial charge < -0.3 is 15.0 Å². The fourth-order valence-electron chi connectivity index (χ4n) is 2.95. The molecule has 0 aliphatic carbocycles. The number of halogens is 3. The van der Waals surface area contributed by atoms with Crippen molar-refractivity contribution in [2.45, 2.75) is 43.7 Å². The van der Waals surface area contributed by atoms with E-state index in [1.807, 2.05) is 11.5 Å². The van der Waals surface area contributed by atoms with Crippen molar-refractivity contribution in [3.63, 3.8) is 0 Å². The second-order valence-corrected chi connectivity index (χ2v) is 7.66. The normalized spacial score (nSPS) is 14.7. The van der Waals surface area contributed by atoms with Crippen LogP contribution in [0.5, 0.6) is 0 Å². The van der Waals surface area contributed by atoms with Crippen molar-refractivity contribution in [1.29, 1.82) is 0 Å². The molecule has 146 valence electrons. The second kappa shape index (κ2) is 8.60. The molecule has 3 N–H and O–H groups in total. The number of amides is 1. The summed E-state index contributed by atoms with van der Waals surface area (Å²) < 4.78 is 31.5. The lowest BCUT2D eigenvalue weighted by atomic mass is 10.1. The van der Waals surface area contributed by atoms with Gasteiger partial charge >= 0.3 is 0 Å². The Labute approximate surface area is 165 Å². The summed E-state index contributed by atoms with van der Waals surface area (Å²) in [5, 5.41) is 12.1. The summed E-state index contributed by atoms with van der Waals surface area (Å²) in [4.78, 5) is 13.6. The van der Waals surface area contributed by atoms with Crippen molar-refractivity contribution in [2.75, 3.05) is 11.9 Å². The van der Waals surface area contributed by atoms with Crippen molar-refractivity contribution >= 4 is 35.1 Å². The van der Waals surface area contributed by atoms with Crippen molar-refractivity contribution in [1.82, 2.24) is 9.29 Å². The first kappa shape index (κ1) is 20.1. The van der Waals surface area contributed by atoms with E-state index >= 15 is 0 Å². The van der Waals surface area contributed by atoms with Crippen LogP contribution in [0.4, 0.5) is 14.5 Å². The molecule has 0 bridgehead atoms. The molecule has 27 heavy (non-hydrogen) atoms. The van der Waals surface area contributed by atoms with Crippen LogP contribution in [0.3, 0.4) is 0 Å². The fourth-order valence-corrected chi connectivity index (χ4v) is 4.28. The summed E-state index contributed by atoms with van der Waals surface area (Å²) in [5.74, 6) is -2.49. The van der Waals surface area contributed by atoms with E-state index in [9.17, 15) is 18.7 Å². The van der Waals surface area contributed by atoms with Gasteiger partial charge in [-0.1, -0.05) is 11.6 Å². The number of aromatic nitrogens is 1. The minimum absolute atomic E-state index is 0.0237. The Balaban J connectivity index is 1.90. The second-order valence-electron chi connectivity index (χ2n) is 6.43. The summed E-state index contributed by atoms with van der Waals surface area (Å²) in [7, 11) is 0. The minimum atomic E-state index is -1.03. The number of hydrogen-bond acceptors (Lipinski definition) is 4. The molecule has 0 radical (unpaired) electrons. The molecule has 1 atom stereocenters. The standard InChI is InChI=1S/C18H20ClF2N3O2S/c1-10(9-25)23-27-17-14-4-2-3-7-24(14)16(15(17)19)18(26)22-11-5-6-12(20)13(21)8-11/h5-6,8,10,23,25H,2-4,7,9H2,1H3,(H,22,26). The molecule has 0 saturated heterocycles. The van der Waals surface area contributed by atoms with Gasteiger partial charge in [-0.05, 0) is 50.3 Å². The maximum Gasteiger partial charge on any atom is 0.273 e. The SMILES string of the molecule is CC(CO)NSc1c(Cl)c(C(=O)Nc2ccc(F)c(F)c2)n2c1CCCC2. The topological polar surface area (TPSA) is 66.3 Å². The van der Waals surface area contributed by atoms with Crippen molar-refractivity contribution in [3.8, 4) is 0 Å². The summed E-state index contributed by atoms with van der Waals surface area (Å²) in [6.45, 7) is 2.47. The van der Waals surface area contributed by atoms with Crippen LogP contribution in [0.15, 0.2) is 23.1 Å². The molecular weight excluding hydrogens is 396 g/mol. The van der Waals surface area contributed by atoms with E-state index in [1.54, 1.807) is 0 Å². The molecule has 0 saturated carbocycles. The first-order chi connectivity index (χ1) is 12.9. The van der Waals surface area contributed by atoms with E-state index in [2.05, 4.69) is 10.0 Å². The Kier molecular flexibility index (Phi) is 6.41. The Morgan fingerprint density at radius 2 is 2.15 bits per heavy atom. The highest BCUT2D eigenvalue weighted by Crippen LogP contribution is 2.38. The van der Waals surface area contributed by atoms with Gasteiger partial charge in [0.2, 0.25) is 0 Å². The number of aliphatic hydroxyl groups excluding tert-OH is 1. The van der Waals surface area contributed by atoms with Crippen LogP contribution < -0.4 is 10.0 Å². The Morgan fingerprint density at radius 3 is 2.85 bits per heavy atom. The van der Waals surface area contributed by atoms with Crippen LogP contribution in [-0.4, -0.2) is 28.2 Å². The lowest BCUT2D eigenvalue weighted by Crippen LogP contribution is -2.23. The van der Waals surface area contributed by atoms with Crippen LogP contribution in [-0.2, 0) is 13.0 Å². The van der Waals surface area contributed by atoms with E-state index in [4.69, 9.17) is 11.6 Å². The van der Waals surface area contributed by atoms with Crippen LogP contribution in [0.1, 0.15) is 35.9 Å². The monoisotopic (exact) mass is 415 g/mol. The van der Waals surface area contributed by atoms with Crippen LogP contribution in [0, 0.1) is 11.6 Å². The van der Waals surface area contributed by atoms with Crippen molar-refractivity contribution < 1.29 is 18.7 Å². The molecule has 3 rings (SSSR count). The number of rotatable bonds is 6. The van der Waals surface area contributed by atoms with E-state index < -0.39 is 17.5 Å². The summed E-state index contributed by atoms with van der Waals surface area (Å²) in [6, 6.07) is 3.05. The summed E-state index contributed by atoms with van der Waals surface area (Å²) in [6.07, 6.45) is 2.71. The number of hydrogen-bond donors (Lipinski definition) is 3. The Bertz CT molecular complexity index is 860. The average molecular weight is 416 g/mol. The molecule has 2 heterocycles. The number of aliphatic hydroxyl groups is 1. The zero-order valence-corrected chi connectivity index (χ0v) is 16.3. The zero-order chi connectivity index (χ0) is 19.6. The van der Waals surface area contributed by atoms with Crippen molar-refractivity contribution in [3.05, 3.63) is 46.2 Å². The molecule has 2 aromatic rings. The maximum atomic E-state index is 13.4. The lowest BCUT2D eigenvalue weighted by molar-refractivity contribution is 0.101. The third-order valence-corrected chi connectivity index (χ3v) is 5.98.